The van der Waals surface area contributed by atoms with Crippen molar-refractivity contribution in [1.82, 2.24) is 9.55 Å². The molecule has 0 saturated heterocycles. The summed E-state index contributed by atoms with van der Waals surface area (Å²) >= 11 is 7.41. The number of hydrogen-bond donors (Lipinski definition) is 2. The lowest BCUT2D eigenvalue weighted by Crippen LogP contribution is -2.29. The highest BCUT2D eigenvalue weighted by Gasteiger charge is 2.25. The molecule has 0 unspecified atom stereocenters. The zero-order valence-corrected chi connectivity index (χ0v) is 24.9. The van der Waals surface area contributed by atoms with Crippen molar-refractivity contribution < 1.29 is 15.0 Å². The van der Waals surface area contributed by atoms with Crippen molar-refractivity contribution in [3.63, 3.8) is 0 Å². The second-order valence-corrected chi connectivity index (χ2v) is 11.6. The molecule has 0 amide bonds. The first-order valence-electron chi connectivity index (χ1n) is 13.7. The fraction of sp³-hybridized carbons (Fsp3) is 0.344. The number of ketones is 1. The Morgan fingerprint density at radius 2 is 1.70 bits per heavy atom. The molecule has 0 radical (unpaired) electrons. The maximum absolute atomic E-state index is 14.5. The van der Waals surface area contributed by atoms with Crippen LogP contribution in [0.5, 0.6) is 0 Å². The number of aryl methyl sites for hydroxylation is 2. The summed E-state index contributed by atoms with van der Waals surface area (Å²) in [6.45, 7) is 8.23. The Bertz CT molecular complexity index is 1530. The van der Waals surface area contributed by atoms with Crippen LogP contribution in [0.25, 0.3) is 27.5 Å². The Balaban J connectivity index is 2.03. The largest absolute Gasteiger partial charge is 0.368 e. The molecule has 0 atom stereocenters. The second kappa shape index (κ2) is 13.0. The Hall–Kier alpha value is -3.10. The van der Waals surface area contributed by atoms with Gasteiger partial charge in [0, 0.05) is 40.1 Å². The van der Waals surface area contributed by atoms with Crippen LogP contribution in [0.4, 0.5) is 0 Å². The van der Waals surface area contributed by atoms with Crippen LogP contribution < -0.4 is 5.56 Å². The van der Waals surface area contributed by atoms with Crippen LogP contribution in [0.1, 0.15) is 67.7 Å². The quantitative estimate of drug-likeness (QED) is 0.149. The molecule has 6 nitrogen and oxygen atoms in total. The van der Waals surface area contributed by atoms with Gasteiger partial charge in [-0.3, -0.25) is 14.2 Å². The third-order valence-corrected chi connectivity index (χ3v) is 8.03. The van der Waals surface area contributed by atoms with Gasteiger partial charge in [0.25, 0.3) is 5.56 Å². The van der Waals surface area contributed by atoms with E-state index in [1.54, 1.807) is 22.8 Å². The lowest BCUT2D eigenvalue weighted by molar-refractivity contribution is -0.0450. The monoisotopic (exact) mass is 578 g/mol. The van der Waals surface area contributed by atoms with Crippen molar-refractivity contribution in [1.29, 1.82) is 0 Å². The number of halogens is 1. The number of nitrogens with zero attached hydrogens (tertiary/aromatic N) is 2. The molecule has 0 aliphatic heterocycles. The van der Waals surface area contributed by atoms with Crippen LogP contribution in [0.3, 0.4) is 0 Å². The molecule has 0 saturated carbocycles. The molecule has 2 aromatic heterocycles. The summed E-state index contributed by atoms with van der Waals surface area (Å²) in [5.74, 6) is -0.0676. The van der Waals surface area contributed by atoms with Gasteiger partial charge < -0.3 is 10.2 Å². The van der Waals surface area contributed by atoms with E-state index in [0.29, 0.717) is 39.0 Å². The predicted octanol–water partition coefficient (Wildman–Crippen LogP) is 6.88. The molecule has 0 aliphatic carbocycles. The highest BCUT2D eigenvalue weighted by Crippen LogP contribution is 2.32. The third kappa shape index (κ3) is 6.44. The summed E-state index contributed by atoms with van der Waals surface area (Å²) in [6, 6.07) is 15.1. The number of thiazole rings is 1. The molecule has 2 aromatic carbocycles. The molecule has 2 N–H and O–H groups in total. The fourth-order valence-corrected chi connectivity index (χ4v) is 5.88. The van der Waals surface area contributed by atoms with Crippen molar-refractivity contribution in [2.45, 2.75) is 66.1 Å². The smallest absolute Gasteiger partial charge is 0.265 e. The van der Waals surface area contributed by atoms with E-state index in [4.69, 9.17) is 16.6 Å². The minimum absolute atomic E-state index is 0.0512. The minimum Gasteiger partial charge on any atom is -0.368 e. The van der Waals surface area contributed by atoms with E-state index in [1.165, 1.54) is 11.3 Å². The molecule has 0 fully saturated rings. The first-order chi connectivity index (χ1) is 19.1. The number of para-hydroxylation sites is 1. The summed E-state index contributed by atoms with van der Waals surface area (Å²) in [6.07, 6.45) is 0.226. The molecule has 2 heterocycles. The highest BCUT2D eigenvalue weighted by atomic mass is 35.5. The molecular weight excluding hydrogens is 544 g/mol. The van der Waals surface area contributed by atoms with Gasteiger partial charge in [-0.25, -0.2) is 4.98 Å². The lowest BCUT2D eigenvalue weighted by Gasteiger charge is -2.23. The average Bonchev–Trinajstić information content (AvgIpc) is 3.42. The van der Waals surface area contributed by atoms with Gasteiger partial charge in [-0.2, -0.15) is 0 Å². The van der Waals surface area contributed by atoms with Crippen LogP contribution in [0.15, 0.2) is 58.7 Å². The van der Waals surface area contributed by atoms with Crippen molar-refractivity contribution in [2.24, 2.45) is 5.92 Å². The first kappa shape index (κ1) is 29.9. The normalized spacial score (nSPS) is 11.5. The minimum atomic E-state index is -1.59. The van der Waals surface area contributed by atoms with E-state index >= 15 is 0 Å². The Kier molecular flexibility index (Phi) is 9.74. The van der Waals surface area contributed by atoms with Crippen LogP contribution in [0.2, 0.25) is 5.02 Å². The molecule has 0 aliphatic rings. The Morgan fingerprint density at radius 1 is 1.05 bits per heavy atom. The third-order valence-electron chi connectivity index (χ3n) is 6.90. The number of aliphatic hydroxyl groups is 2. The van der Waals surface area contributed by atoms with Crippen LogP contribution in [-0.2, 0) is 19.3 Å². The van der Waals surface area contributed by atoms with E-state index in [-0.39, 0.29) is 30.1 Å². The van der Waals surface area contributed by atoms with Crippen molar-refractivity contribution in [3.05, 3.63) is 91.7 Å². The topological polar surface area (TPSA) is 92.4 Å². The van der Waals surface area contributed by atoms with E-state index in [2.05, 4.69) is 27.7 Å². The summed E-state index contributed by atoms with van der Waals surface area (Å²) in [7, 11) is 0. The summed E-state index contributed by atoms with van der Waals surface area (Å²) in [4.78, 5) is 32.9. The second-order valence-electron chi connectivity index (χ2n) is 10.3. The number of aromatic nitrogens is 2. The molecule has 4 aromatic rings. The summed E-state index contributed by atoms with van der Waals surface area (Å²) in [5.41, 5.74) is 5.64. The van der Waals surface area contributed by atoms with Crippen molar-refractivity contribution in [2.75, 3.05) is 0 Å². The van der Waals surface area contributed by atoms with Crippen molar-refractivity contribution >= 4 is 28.7 Å². The van der Waals surface area contributed by atoms with Gasteiger partial charge in [-0.05, 0) is 54.5 Å². The van der Waals surface area contributed by atoms with E-state index in [0.717, 1.165) is 35.2 Å². The van der Waals surface area contributed by atoms with Crippen LogP contribution >= 0.6 is 22.9 Å². The number of rotatable bonds is 11. The molecular formula is C32H35ClN2O4S. The molecule has 210 valence electrons. The molecule has 4 rings (SSSR count). The van der Waals surface area contributed by atoms with Gasteiger partial charge >= 0.3 is 0 Å². The highest BCUT2D eigenvalue weighted by molar-refractivity contribution is 7.13. The molecule has 0 spiro atoms. The fourth-order valence-electron chi connectivity index (χ4n) is 4.92. The summed E-state index contributed by atoms with van der Waals surface area (Å²) in [5, 5.41) is 22.0. The lowest BCUT2D eigenvalue weighted by atomic mass is 9.94. The average molecular weight is 579 g/mol. The predicted molar refractivity (Wildman–Crippen MR) is 163 cm³/mol. The standard InChI is InChI=1S/C32H35ClN2O4S/c1-5-20-8-7-9-21(6-2)30(20)35-27(16-19(3)4)24(28(36)14-15-29(37)38)17-25(32(35)39)31-34-26(18-40-31)22-10-12-23(33)13-11-22/h7-13,17-19,29,37-38H,5-6,14-16H2,1-4H3. The van der Waals surface area contributed by atoms with E-state index in [1.807, 2.05) is 35.7 Å². The Morgan fingerprint density at radius 3 is 2.27 bits per heavy atom. The Labute approximate surface area is 243 Å². The van der Waals surface area contributed by atoms with E-state index in [9.17, 15) is 19.8 Å². The zero-order chi connectivity index (χ0) is 29.0. The number of carbonyl (C=O) groups is 1. The number of pyridine rings is 1. The zero-order valence-electron chi connectivity index (χ0n) is 23.3. The van der Waals surface area contributed by atoms with Gasteiger partial charge in [0.15, 0.2) is 12.1 Å². The van der Waals surface area contributed by atoms with Gasteiger partial charge in [0.05, 0.1) is 16.9 Å². The van der Waals surface area contributed by atoms with Gasteiger partial charge in [-0.1, -0.05) is 69.6 Å². The maximum Gasteiger partial charge on any atom is 0.265 e. The van der Waals surface area contributed by atoms with Crippen molar-refractivity contribution in [3.8, 4) is 27.5 Å². The summed E-state index contributed by atoms with van der Waals surface area (Å²) < 4.78 is 1.74. The van der Waals surface area contributed by atoms with E-state index < -0.39 is 6.29 Å². The van der Waals surface area contributed by atoms with Gasteiger partial charge in [-0.15, -0.1) is 11.3 Å². The molecule has 0 bridgehead atoms. The number of hydrogen-bond acceptors (Lipinski definition) is 6. The first-order valence-corrected chi connectivity index (χ1v) is 14.9. The number of benzene rings is 2. The van der Waals surface area contributed by atoms with Gasteiger partial charge in [0.2, 0.25) is 0 Å². The maximum atomic E-state index is 14.5. The van der Waals surface area contributed by atoms with Crippen LogP contribution in [-0.4, -0.2) is 31.8 Å². The number of carbonyl (C=O) groups excluding carboxylic acids is 1. The SMILES string of the molecule is CCc1cccc(CC)c1-n1c(CC(C)C)c(C(=O)CCC(O)O)cc(-c2nc(-c3ccc(Cl)cc3)cs2)c1=O. The van der Waals surface area contributed by atoms with Crippen LogP contribution in [0, 0.1) is 5.92 Å². The van der Waals surface area contributed by atoms with Gasteiger partial charge in [0.1, 0.15) is 5.01 Å². The molecule has 8 heteroatoms. The number of aliphatic hydroxyl groups excluding tert-OH is 1. The molecule has 40 heavy (non-hydrogen) atoms. The number of Topliss-reactive ketones (excluding diaryl/α,β-unsaturated/α-hetero) is 1.